The van der Waals surface area contributed by atoms with Crippen molar-refractivity contribution in [1.29, 1.82) is 0 Å². The third-order valence-electron chi connectivity index (χ3n) is 4.32. The highest BCUT2D eigenvalue weighted by Gasteiger charge is 2.12. The van der Waals surface area contributed by atoms with Gasteiger partial charge in [0.1, 0.15) is 0 Å². The molecule has 0 fully saturated rings. The van der Waals surface area contributed by atoms with Gasteiger partial charge in [-0.25, -0.2) is 0 Å². The van der Waals surface area contributed by atoms with Crippen molar-refractivity contribution in [3.63, 3.8) is 0 Å². The lowest BCUT2D eigenvalue weighted by Crippen LogP contribution is -2.24. The van der Waals surface area contributed by atoms with Crippen molar-refractivity contribution in [2.24, 2.45) is 0 Å². The van der Waals surface area contributed by atoms with Gasteiger partial charge in [-0.05, 0) is 42.5 Å². The summed E-state index contributed by atoms with van der Waals surface area (Å²) < 4.78 is 1.60. The number of benzene rings is 2. The summed E-state index contributed by atoms with van der Waals surface area (Å²) in [6, 6.07) is 17.7. The topological polar surface area (TPSA) is 101 Å². The van der Waals surface area contributed by atoms with Crippen LogP contribution >= 0.6 is 11.6 Å². The van der Waals surface area contributed by atoms with Crippen LogP contribution in [0.1, 0.15) is 23.1 Å². The van der Waals surface area contributed by atoms with E-state index in [1.165, 1.54) is 6.92 Å². The lowest BCUT2D eigenvalue weighted by Gasteiger charge is -2.07. The molecule has 2 N–H and O–H groups in total. The van der Waals surface area contributed by atoms with Gasteiger partial charge in [0.25, 0.3) is 5.91 Å². The van der Waals surface area contributed by atoms with E-state index >= 15 is 0 Å². The highest BCUT2D eigenvalue weighted by molar-refractivity contribution is 6.30. The van der Waals surface area contributed by atoms with Crippen LogP contribution in [-0.2, 0) is 11.3 Å². The first-order chi connectivity index (χ1) is 14.5. The Labute approximate surface area is 176 Å². The van der Waals surface area contributed by atoms with E-state index in [0.29, 0.717) is 27.7 Å². The van der Waals surface area contributed by atoms with Crippen LogP contribution in [0.2, 0.25) is 5.02 Å². The van der Waals surface area contributed by atoms with Crippen molar-refractivity contribution >= 4 is 34.7 Å². The van der Waals surface area contributed by atoms with Crippen LogP contribution in [0.15, 0.2) is 60.7 Å². The first-order valence-corrected chi connectivity index (χ1v) is 9.50. The Bertz CT molecular complexity index is 1240. The second kappa shape index (κ2) is 8.30. The molecule has 0 bridgehead atoms. The smallest absolute Gasteiger partial charge is 0.251 e. The monoisotopic (exact) mass is 420 g/mol. The molecule has 4 aromatic rings. The minimum absolute atomic E-state index is 0.140. The van der Waals surface area contributed by atoms with E-state index in [1.54, 1.807) is 40.9 Å². The standard InChI is InChI=1S/C21H17ClN6O2/c1-13(29)24-17-4-2-3-15(11-17)21(30)23-12-20-26-25-19-10-9-18(27-28(19)20)14-5-7-16(22)8-6-14/h2-11H,12H2,1H3,(H,23,30)(H,24,29). The van der Waals surface area contributed by atoms with Crippen molar-refractivity contribution < 1.29 is 9.59 Å². The third-order valence-corrected chi connectivity index (χ3v) is 4.57. The predicted octanol–water partition coefficient (Wildman–Crippen LogP) is 3.33. The highest BCUT2D eigenvalue weighted by atomic mass is 35.5. The summed E-state index contributed by atoms with van der Waals surface area (Å²) in [4.78, 5) is 23.7. The lowest BCUT2D eigenvalue weighted by atomic mass is 10.1. The Hall–Kier alpha value is -3.78. The molecule has 2 heterocycles. The average molecular weight is 421 g/mol. The van der Waals surface area contributed by atoms with Gasteiger partial charge in [-0.2, -0.15) is 9.61 Å². The van der Waals surface area contributed by atoms with Gasteiger partial charge in [0.05, 0.1) is 12.2 Å². The molecule has 0 aliphatic rings. The molecular formula is C21H17ClN6O2. The van der Waals surface area contributed by atoms with Gasteiger partial charge >= 0.3 is 0 Å². The molecule has 0 atom stereocenters. The van der Waals surface area contributed by atoms with E-state index in [1.807, 2.05) is 24.3 Å². The number of anilines is 1. The number of nitrogens with zero attached hydrogens (tertiary/aromatic N) is 4. The van der Waals surface area contributed by atoms with Crippen LogP contribution in [-0.4, -0.2) is 31.6 Å². The van der Waals surface area contributed by atoms with E-state index in [-0.39, 0.29) is 18.4 Å². The fourth-order valence-electron chi connectivity index (χ4n) is 2.92. The Kier molecular flexibility index (Phi) is 5.40. The number of fused-ring (bicyclic) bond motifs is 1. The number of carbonyl (C=O) groups is 2. The van der Waals surface area contributed by atoms with E-state index < -0.39 is 0 Å². The normalized spacial score (nSPS) is 10.7. The Balaban J connectivity index is 1.52. The largest absolute Gasteiger partial charge is 0.345 e. The average Bonchev–Trinajstić information content (AvgIpc) is 3.14. The quantitative estimate of drug-likeness (QED) is 0.515. The summed E-state index contributed by atoms with van der Waals surface area (Å²) in [5.41, 5.74) is 3.18. The zero-order valence-corrected chi connectivity index (χ0v) is 16.7. The number of hydrogen-bond acceptors (Lipinski definition) is 5. The molecule has 0 aliphatic carbocycles. The summed E-state index contributed by atoms with van der Waals surface area (Å²) >= 11 is 5.95. The molecule has 0 aliphatic heterocycles. The number of aromatic nitrogens is 4. The SMILES string of the molecule is CC(=O)Nc1cccc(C(=O)NCc2nnc3ccc(-c4ccc(Cl)cc4)nn23)c1. The molecular weight excluding hydrogens is 404 g/mol. The predicted molar refractivity (Wildman–Crippen MR) is 113 cm³/mol. The minimum atomic E-state index is -0.298. The molecule has 0 spiro atoms. The second-order valence-electron chi connectivity index (χ2n) is 6.56. The molecule has 2 aromatic carbocycles. The molecule has 9 heteroatoms. The molecule has 0 saturated heterocycles. The van der Waals surface area contributed by atoms with Gasteiger partial charge < -0.3 is 10.6 Å². The van der Waals surface area contributed by atoms with Crippen LogP contribution < -0.4 is 10.6 Å². The summed E-state index contributed by atoms with van der Waals surface area (Å²) in [5, 5.41) is 18.9. The number of carbonyl (C=O) groups excluding carboxylic acids is 2. The van der Waals surface area contributed by atoms with Crippen molar-refractivity contribution in [3.8, 4) is 11.3 Å². The first kappa shape index (κ1) is 19.5. The number of halogens is 1. The number of rotatable bonds is 5. The third kappa shape index (κ3) is 4.28. The minimum Gasteiger partial charge on any atom is -0.345 e. The molecule has 8 nitrogen and oxygen atoms in total. The van der Waals surface area contributed by atoms with Crippen LogP contribution in [0, 0.1) is 0 Å². The summed E-state index contributed by atoms with van der Waals surface area (Å²) in [5.74, 6) is -0.00922. The molecule has 150 valence electrons. The Morgan fingerprint density at radius 2 is 1.83 bits per heavy atom. The Morgan fingerprint density at radius 1 is 1.03 bits per heavy atom. The van der Waals surface area contributed by atoms with Crippen molar-refractivity contribution in [3.05, 3.63) is 77.1 Å². The van der Waals surface area contributed by atoms with E-state index in [9.17, 15) is 9.59 Å². The van der Waals surface area contributed by atoms with E-state index in [0.717, 1.165) is 11.3 Å². The van der Waals surface area contributed by atoms with Gasteiger partial charge in [0, 0.05) is 28.8 Å². The van der Waals surface area contributed by atoms with Gasteiger partial charge in [-0.1, -0.05) is 29.8 Å². The summed E-state index contributed by atoms with van der Waals surface area (Å²) in [6.45, 7) is 1.55. The molecule has 0 radical (unpaired) electrons. The number of amides is 2. The van der Waals surface area contributed by atoms with Crippen LogP contribution in [0.4, 0.5) is 5.69 Å². The van der Waals surface area contributed by atoms with Gasteiger partial charge in [0.15, 0.2) is 11.5 Å². The van der Waals surface area contributed by atoms with Crippen molar-refractivity contribution in [2.75, 3.05) is 5.32 Å². The molecule has 2 aromatic heterocycles. The maximum Gasteiger partial charge on any atom is 0.251 e. The van der Waals surface area contributed by atoms with Crippen LogP contribution in [0.25, 0.3) is 16.9 Å². The molecule has 30 heavy (non-hydrogen) atoms. The summed E-state index contributed by atoms with van der Waals surface area (Å²) in [7, 11) is 0. The number of hydrogen-bond donors (Lipinski definition) is 2. The van der Waals surface area contributed by atoms with Crippen molar-refractivity contribution in [2.45, 2.75) is 13.5 Å². The maximum atomic E-state index is 12.5. The van der Waals surface area contributed by atoms with Gasteiger partial charge in [-0.3, -0.25) is 9.59 Å². The van der Waals surface area contributed by atoms with Gasteiger partial charge in [0.2, 0.25) is 5.91 Å². The number of nitrogens with one attached hydrogen (secondary N) is 2. The van der Waals surface area contributed by atoms with Crippen molar-refractivity contribution in [1.82, 2.24) is 25.1 Å². The van der Waals surface area contributed by atoms with E-state index in [2.05, 4.69) is 25.9 Å². The fourth-order valence-corrected chi connectivity index (χ4v) is 3.05. The van der Waals surface area contributed by atoms with Crippen LogP contribution in [0.5, 0.6) is 0 Å². The molecule has 2 amide bonds. The Morgan fingerprint density at radius 3 is 2.60 bits per heavy atom. The molecule has 4 rings (SSSR count). The highest BCUT2D eigenvalue weighted by Crippen LogP contribution is 2.20. The zero-order chi connectivity index (χ0) is 21.1. The molecule has 0 saturated carbocycles. The fraction of sp³-hybridized carbons (Fsp3) is 0.0952. The maximum absolute atomic E-state index is 12.5. The first-order valence-electron chi connectivity index (χ1n) is 9.13. The summed E-state index contributed by atoms with van der Waals surface area (Å²) in [6.07, 6.45) is 0. The van der Waals surface area contributed by atoms with E-state index in [4.69, 9.17) is 11.6 Å². The van der Waals surface area contributed by atoms with Gasteiger partial charge in [-0.15, -0.1) is 10.2 Å². The molecule has 0 unspecified atom stereocenters. The zero-order valence-electron chi connectivity index (χ0n) is 16.0. The lowest BCUT2D eigenvalue weighted by molar-refractivity contribution is -0.114. The van der Waals surface area contributed by atoms with Crippen LogP contribution in [0.3, 0.4) is 0 Å². The second-order valence-corrected chi connectivity index (χ2v) is 6.99.